The first kappa shape index (κ1) is 6.68. The standard InChI is InChI=1S/C9H10O2/c1-10-5-6-3-8-7(6)4-9(8)11-2/h3-4H,5H2,1-2H3. The van der Waals surface area contributed by atoms with Crippen LogP contribution in [-0.4, -0.2) is 14.2 Å². The van der Waals surface area contributed by atoms with Crippen LogP contribution in [0.15, 0.2) is 12.1 Å². The normalized spacial score (nSPS) is 11.5. The summed E-state index contributed by atoms with van der Waals surface area (Å²) in [6.07, 6.45) is 0. The molecule has 0 aromatic heterocycles. The van der Waals surface area contributed by atoms with E-state index in [0.717, 1.165) is 5.75 Å². The quantitative estimate of drug-likeness (QED) is 0.659. The molecule has 11 heavy (non-hydrogen) atoms. The number of methoxy groups -OCH3 is 2. The number of rotatable bonds is 3. The first-order chi connectivity index (χ1) is 5.36. The van der Waals surface area contributed by atoms with Gasteiger partial charge in [-0.2, -0.15) is 0 Å². The van der Waals surface area contributed by atoms with Crippen molar-refractivity contribution >= 4 is 0 Å². The molecular weight excluding hydrogens is 140 g/mol. The van der Waals surface area contributed by atoms with Gasteiger partial charge in [0.25, 0.3) is 0 Å². The van der Waals surface area contributed by atoms with Gasteiger partial charge in [0.15, 0.2) is 0 Å². The zero-order valence-electron chi connectivity index (χ0n) is 6.68. The molecule has 2 aliphatic carbocycles. The van der Waals surface area contributed by atoms with Gasteiger partial charge < -0.3 is 9.47 Å². The Labute approximate surface area is 65.1 Å². The fourth-order valence-electron chi connectivity index (χ4n) is 1.37. The average molecular weight is 150 g/mol. The SMILES string of the molecule is COCc1cc2c(OC)cc1=2. The predicted molar refractivity (Wildman–Crippen MR) is 41.4 cm³/mol. The van der Waals surface area contributed by atoms with Crippen LogP contribution in [0.3, 0.4) is 0 Å². The van der Waals surface area contributed by atoms with E-state index >= 15 is 0 Å². The van der Waals surface area contributed by atoms with Crippen molar-refractivity contribution < 1.29 is 9.47 Å². The number of ether oxygens (including phenoxy) is 2. The third kappa shape index (κ3) is 0.761. The lowest BCUT2D eigenvalue weighted by atomic mass is 9.98. The minimum atomic E-state index is 0.715. The van der Waals surface area contributed by atoms with Crippen molar-refractivity contribution in [2.45, 2.75) is 6.61 Å². The molecule has 0 aliphatic heterocycles. The minimum Gasteiger partial charge on any atom is -0.496 e. The van der Waals surface area contributed by atoms with Crippen molar-refractivity contribution in [2.75, 3.05) is 14.2 Å². The first-order valence-electron chi connectivity index (χ1n) is 3.57. The summed E-state index contributed by atoms with van der Waals surface area (Å²) in [5.74, 6) is 1.000. The molecule has 0 unspecified atom stereocenters. The Morgan fingerprint density at radius 3 is 2.45 bits per heavy atom. The van der Waals surface area contributed by atoms with Crippen LogP contribution in [0.5, 0.6) is 5.75 Å². The Hall–Kier alpha value is -1.02. The Bertz CT molecular complexity index is 368. The predicted octanol–water partition coefficient (Wildman–Crippen LogP) is 1.44. The van der Waals surface area contributed by atoms with E-state index < -0.39 is 0 Å². The number of hydrogen-bond acceptors (Lipinski definition) is 2. The average Bonchev–Trinajstić information content (AvgIpc) is 1.99. The van der Waals surface area contributed by atoms with Gasteiger partial charge in [-0.15, -0.1) is 0 Å². The summed E-state index contributed by atoms with van der Waals surface area (Å²) in [5.41, 5.74) is 1.28. The maximum Gasteiger partial charge on any atom is 0.127 e. The monoisotopic (exact) mass is 150 g/mol. The Morgan fingerprint density at radius 2 is 2.00 bits per heavy atom. The van der Waals surface area contributed by atoms with Gasteiger partial charge in [0.1, 0.15) is 5.75 Å². The second-order valence-corrected chi connectivity index (χ2v) is 2.64. The summed E-state index contributed by atoms with van der Waals surface area (Å²) in [6.45, 7) is 0.715. The zero-order chi connectivity index (χ0) is 7.84. The third-order valence-corrected chi connectivity index (χ3v) is 2.02. The van der Waals surface area contributed by atoms with E-state index in [-0.39, 0.29) is 0 Å². The summed E-state index contributed by atoms with van der Waals surface area (Å²) in [7, 11) is 3.40. The van der Waals surface area contributed by atoms with Crippen LogP contribution < -0.4 is 4.74 Å². The fraction of sp³-hybridized carbons (Fsp3) is 0.333. The molecule has 0 fully saturated rings. The molecule has 0 bridgehead atoms. The highest BCUT2D eigenvalue weighted by Gasteiger charge is 2.11. The highest BCUT2D eigenvalue weighted by Crippen LogP contribution is 2.28. The van der Waals surface area contributed by atoms with Crippen LogP contribution in [0, 0.1) is 10.4 Å². The summed E-state index contributed by atoms with van der Waals surface area (Å²) < 4.78 is 10.1. The molecule has 0 radical (unpaired) electrons. The summed E-state index contributed by atoms with van der Waals surface area (Å²) in [5, 5.41) is 2.56. The first-order valence-corrected chi connectivity index (χ1v) is 3.57. The van der Waals surface area contributed by atoms with Gasteiger partial charge in [-0.05, 0) is 22.9 Å². The van der Waals surface area contributed by atoms with Crippen molar-refractivity contribution in [3.63, 3.8) is 0 Å². The lowest BCUT2D eigenvalue weighted by Gasteiger charge is -2.14. The molecule has 58 valence electrons. The highest BCUT2D eigenvalue weighted by molar-refractivity contribution is 5.44. The molecule has 2 aliphatic rings. The maximum atomic E-state index is 5.06. The molecule has 0 saturated heterocycles. The van der Waals surface area contributed by atoms with Crippen LogP contribution in [0.4, 0.5) is 0 Å². The molecular formula is C9H10O2. The van der Waals surface area contributed by atoms with E-state index in [4.69, 9.17) is 9.47 Å². The molecule has 0 spiro atoms. The van der Waals surface area contributed by atoms with Gasteiger partial charge in [-0.25, -0.2) is 0 Å². The van der Waals surface area contributed by atoms with Crippen LogP contribution in [0.25, 0.3) is 0 Å². The van der Waals surface area contributed by atoms with Gasteiger partial charge >= 0.3 is 0 Å². The van der Waals surface area contributed by atoms with Crippen molar-refractivity contribution in [1.29, 1.82) is 0 Å². The van der Waals surface area contributed by atoms with E-state index in [2.05, 4.69) is 6.07 Å². The van der Waals surface area contributed by atoms with Gasteiger partial charge in [0.2, 0.25) is 0 Å². The van der Waals surface area contributed by atoms with Gasteiger partial charge in [0.05, 0.1) is 13.7 Å². The van der Waals surface area contributed by atoms with E-state index in [0.29, 0.717) is 6.61 Å². The van der Waals surface area contributed by atoms with Crippen LogP contribution >= 0.6 is 0 Å². The van der Waals surface area contributed by atoms with E-state index in [9.17, 15) is 0 Å². The maximum absolute atomic E-state index is 5.06. The van der Waals surface area contributed by atoms with Gasteiger partial charge in [-0.1, -0.05) is 0 Å². The van der Waals surface area contributed by atoms with Crippen molar-refractivity contribution in [1.82, 2.24) is 0 Å². The Kier molecular flexibility index (Phi) is 1.36. The number of hydrogen-bond donors (Lipinski definition) is 0. The summed E-state index contributed by atoms with van der Waals surface area (Å²) >= 11 is 0. The lowest BCUT2D eigenvalue weighted by molar-refractivity contribution is 0.183. The second kappa shape index (κ2) is 2.24. The second-order valence-electron chi connectivity index (χ2n) is 2.64. The Morgan fingerprint density at radius 1 is 1.18 bits per heavy atom. The molecule has 0 N–H and O–H groups in total. The minimum absolute atomic E-state index is 0.715. The molecule has 0 aromatic rings. The molecule has 0 amide bonds. The summed E-state index contributed by atoms with van der Waals surface area (Å²) in [6, 6.07) is 4.15. The van der Waals surface area contributed by atoms with Crippen molar-refractivity contribution in [2.24, 2.45) is 0 Å². The molecule has 2 nitrogen and oxygen atoms in total. The van der Waals surface area contributed by atoms with Gasteiger partial charge in [-0.3, -0.25) is 0 Å². The molecule has 0 aromatic carbocycles. The summed E-state index contributed by atoms with van der Waals surface area (Å²) in [4.78, 5) is 0. The fourth-order valence-corrected chi connectivity index (χ4v) is 1.37. The number of benzene rings is 1. The van der Waals surface area contributed by atoms with E-state index in [1.54, 1.807) is 14.2 Å². The molecule has 0 heterocycles. The molecule has 0 saturated carbocycles. The topological polar surface area (TPSA) is 18.5 Å². The lowest BCUT2D eigenvalue weighted by Crippen LogP contribution is -2.02. The molecule has 2 heteroatoms. The highest BCUT2D eigenvalue weighted by atomic mass is 16.5. The van der Waals surface area contributed by atoms with Crippen molar-refractivity contribution in [3.05, 3.63) is 28.1 Å². The van der Waals surface area contributed by atoms with E-state index in [1.165, 1.54) is 16.0 Å². The van der Waals surface area contributed by atoms with E-state index in [1.807, 2.05) is 6.07 Å². The Balaban J connectivity index is 2.26. The van der Waals surface area contributed by atoms with Gasteiger partial charge in [0, 0.05) is 12.3 Å². The zero-order valence-corrected chi connectivity index (χ0v) is 6.68. The third-order valence-electron chi connectivity index (χ3n) is 2.02. The van der Waals surface area contributed by atoms with Crippen LogP contribution in [0.1, 0.15) is 5.56 Å². The van der Waals surface area contributed by atoms with Crippen molar-refractivity contribution in [3.8, 4) is 5.75 Å². The van der Waals surface area contributed by atoms with Crippen LogP contribution in [-0.2, 0) is 11.3 Å². The smallest absolute Gasteiger partial charge is 0.127 e. The molecule has 0 atom stereocenters. The molecule has 2 rings (SSSR count). The van der Waals surface area contributed by atoms with Crippen LogP contribution in [0.2, 0.25) is 0 Å². The largest absolute Gasteiger partial charge is 0.496 e.